The fourth-order valence-corrected chi connectivity index (χ4v) is 1.66. The van der Waals surface area contributed by atoms with Gasteiger partial charge in [0.15, 0.2) is 6.61 Å². The van der Waals surface area contributed by atoms with Gasteiger partial charge in [0.1, 0.15) is 11.4 Å². The van der Waals surface area contributed by atoms with Crippen LogP contribution in [0.3, 0.4) is 0 Å². The van der Waals surface area contributed by atoms with Crippen molar-refractivity contribution < 1.29 is 19.1 Å². The zero-order chi connectivity index (χ0) is 17.7. The average molecular weight is 322 g/mol. The van der Waals surface area contributed by atoms with Crippen LogP contribution in [-0.4, -0.2) is 24.2 Å². The molecule has 0 heterocycles. The molecule has 128 valence electrons. The molecule has 1 aromatic carbocycles. The Hall–Kier alpha value is -2.24. The minimum Gasteiger partial charge on any atom is -0.484 e. The summed E-state index contributed by atoms with van der Waals surface area (Å²) in [6.45, 7) is 11.4. The highest BCUT2D eigenvalue weighted by atomic mass is 16.6. The summed E-state index contributed by atoms with van der Waals surface area (Å²) in [5, 5.41) is 0. The lowest BCUT2D eigenvalue weighted by Gasteiger charge is -2.20. The van der Waals surface area contributed by atoms with Crippen molar-refractivity contribution in [3.8, 4) is 5.75 Å². The number of carbonyl (C=O) groups is 2. The van der Waals surface area contributed by atoms with Crippen molar-refractivity contribution in [2.24, 2.45) is 0 Å². The molecule has 0 aromatic heterocycles. The fourth-order valence-electron chi connectivity index (χ4n) is 1.66. The predicted octanol–water partition coefficient (Wildman–Crippen LogP) is 2.92. The van der Waals surface area contributed by atoms with Gasteiger partial charge < -0.3 is 9.47 Å². The number of carbonyl (C=O) groups excluding carboxylic acids is 2. The third-order valence-electron chi connectivity index (χ3n) is 2.79. The number of amides is 2. The molecular weight excluding hydrogens is 296 g/mol. The summed E-state index contributed by atoms with van der Waals surface area (Å²) in [4.78, 5) is 23.0. The van der Waals surface area contributed by atoms with E-state index in [-0.39, 0.29) is 12.0 Å². The molecule has 0 radical (unpaired) electrons. The minimum absolute atomic E-state index is 0.0627. The molecular formula is C17H26N2O4. The maximum absolute atomic E-state index is 11.6. The third-order valence-corrected chi connectivity index (χ3v) is 2.79. The van der Waals surface area contributed by atoms with Gasteiger partial charge in [-0.25, -0.2) is 10.2 Å². The fraction of sp³-hybridized carbons (Fsp3) is 0.529. The molecule has 0 unspecified atom stereocenters. The number of hydrogen-bond donors (Lipinski definition) is 2. The second kappa shape index (κ2) is 7.35. The van der Waals surface area contributed by atoms with Crippen molar-refractivity contribution in [1.29, 1.82) is 0 Å². The quantitative estimate of drug-likeness (QED) is 0.839. The highest BCUT2D eigenvalue weighted by molar-refractivity contribution is 5.80. The largest absolute Gasteiger partial charge is 0.484 e. The van der Waals surface area contributed by atoms with Crippen LogP contribution in [0, 0.1) is 0 Å². The monoisotopic (exact) mass is 322 g/mol. The van der Waals surface area contributed by atoms with Gasteiger partial charge in [-0.2, -0.15) is 0 Å². The van der Waals surface area contributed by atoms with Gasteiger partial charge in [-0.3, -0.25) is 10.2 Å². The summed E-state index contributed by atoms with van der Waals surface area (Å²) in [6, 6.07) is 7.56. The van der Waals surface area contributed by atoms with Crippen molar-refractivity contribution in [3.05, 3.63) is 29.8 Å². The molecule has 0 saturated carbocycles. The first kappa shape index (κ1) is 18.8. The summed E-state index contributed by atoms with van der Waals surface area (Å²) in [5.41, 5.74) is 5.01. The smallest absolute Gasteiger partial charge is 0.426 e. The Morgan fingerprint density at radius 3 is 2.00 bits per heavy atom. The number of hydrogen-bond acceptors (Lipinski definition) is 4. The van der Waals surface area contributed by atoms with E-state index in [2.05, 4.69) is 31.6 Å². The van der Waals surface area contributed by atoms with Gasteiger partial charge in [0.25, 0.3) is 5.91 Å². The number of hydrazine groups is 1. The molecule has 2 N–H and O–H groups in total. The second-order valence-electron chi connectivity index (χ2n) is 7.24. The Balaban J connectivity index is 2.38. The van der Waals surface area contributed by atoms with Gasteiger partial charge >= 0.3 is 6.09 Å². The molecule has 6 heteroatoms. The highest BCUT2D eigenvalue weighted by Gasteiger charge is 2.16. The molecule has 1 rings (SSSR count). The van der Waals surface area contributed by atoms with E-state index in [4.69, 9.17) is 9.47 Å². The summed E-state index contributed by atoms with van der Waals surface area (Å²) in [5.74, 6) is 0.112. The normalized spacial score (nSPS) is 11.6. The molecule has 0 fully saturated rings. The Kier molecular flexibility index (Phi) is 6.01. The summed E-state index contributed by atoms with van der Waals surface area (Å²) in [7, 11) is 0. The minimum atomic E-state index is -0.722. The van der Waals surface area contributed by atoms with E-state index >= 15 is 0 Å². The van der Waals surface area contributed by atoms with E-state index in [0.717, 1.165) is 0 Å². The SMILES string of the molecule is CC(C)(C)OC(=O)NNC(=O)COc1ccc(C(C)(C)C)cc1. The highest BCUT2D eigenvalue weighted by Crippen LogP contribution is 2.24. The Morgan fingerprint density at radius 2 is 1.52 bits per heavy atom. The molecule has 6 nitrogen and oxygen atoms in total. The molecule has 0 bridgehead atoms. The first-order valence-electron chi connectivity index (χ1n) is 7.48. The first-order chi connectivity index (χ1) is 10.5. The lowest BCUT2D eigenvalue weighted by molar-refractivity contribution is -0.124. The van der Waals surface area contributed by atoms with Gasteiger partial charge in [-0.1, -0.05) is 32.9 Å². The summed E-state index contributed by atoms with van der Waals surface area (Å²) in [6.07, 6.45) is -0.722. The molecule has 1 aromatic rings. The topological polar surface area (TPSA) is 76.7 Å². The van der Waals surface area contributed by atoms with Gasteiger partial charge in [-0.05, 0) is 43.9 Å². The van der Waals surface area contributed by atoms with Crippen LogP contribution in [0.25, 0.3) is 0 Å². The number of benzene rings is 1. The Bertz CT molecular complexity index is 539. The predicted molar refractivity (Wildman–Crippen MR) is 88.1 cm³/mol. The van der Waals surface area contributed by atoms with E-state index in [0.29, 0.717) is 5.75 Å². The van der Waals surface area contributed by atoms with Crippen LogP contribution >= 0.6 is 0 Å². The van der Waals surface area contributed by atoms with Crippen LogP contribution in [0.5, 0.6) is 5.75 Å². The Morgan fingerprint density at radius 1 is 0.957 bits per heavy atom. The Labute approximate surface area is 137 Å². The standard InChI is InChI=1S/C17H26N2O4/c1-16(2,3)12-7-9-13(10-8-12)22-11-14(20)18-19-15(21)23-17(4,5)6/h7-10H,11H2,1-6H3,(H,18,20)(H,19,21). The summed E-state index contributed by atoms with van der Waals surface area (Å²) >= 11 is 0. The van der Waals surface area contributed by atoms with Crippen LogP contribution in [-0.2, 0) is 14.9 Å². The van der Waals surface area contributed by atoms with Gasteiger partial charge in [0.05, 0.1) is 0 Å². The van der Waals surface area contributed by atoms with E-state index in [1.807, 2.05) is 24.3 Å². The molecule has 0 saturated heterocycles. The zero-order valence-corrected chi connectivity index (χ0v) is 14.6. The van der Waals surface area contributed by atoms with Gasteiger partial charge in [-0.15, -0.1) is 0 Å². The molecule has 0 atom stereocenters. The van der Waals surface area contributed by atoms with Gasteiger partial charge in [0, 0.05) is 0 Å². The zero-order valence-electron chi connectivity index (χ0n) is 14.6. The van der Waals surface area contributed by atoms with Crippen molar-refractivity contribution in [3.63, 3.8) is 0 Å². The number of nitrogens with one attached hydrogen (secondary N) is 2. The van der Waals surface area contributed by atoms with Crippen LogP contribution in [0.2, 0.25) is 0 Å². The lowest BCUT2D eigenvalue weighted by atomic mass is 9.87. The molecule has 2 amide bonds. The van der Waals surface area contributed by atoms with Crippen LogP contribution in [0.15, 0.2) is 24.3 Å². The summed E-state index contributed by atoms with van der Waals surface area (Å²) < 4.78 is 10.4. The molecule has 0 aliphatic rings. The van der Waals surface area contributed by atoms with Crippen molar-refractivity contribution in [2.45, 2.75) is 52.6 Å². The van der Waals surface area contributed by atoms with Crippen LogP contribution < -0.4 is 15.6 Å². The molecule has 23 heavy (non-hydrogen) atoms. The molecule has 0 aliphatic carbocycles. The number of rotatable bonds is 3. The van der Waals surface area contributed by atoms with Crippen molar-refractivity contribution >= 4 is 12.0 Å². The average Bonchev–Trinajstić information content (AvgIpc) is 2.40. The third kappa shape index (κ3) is 7.54. The molecule has 0 spiro atoms. The van der Waals surface area contributed by atoms with Gasteiger partial charge in [0.2, 0.25) is 0 Å². The van der Waals surface area contributed by atoms with Crippen LogP contribution in [0.1, 0.15) is 47.1 Å². The second-order valence-corrected chi connectivity index (χ2v) is 7.24. The van der Waals surface area contributed by atoms with E-state index < -0.39 is 17.6 Å². The van der Waals surface area contributed by atoms with E-state index in [1.165, 1.54) is 5.56 Å². The maximum atomic E-state index is 11.6. The van der Waals surface area contributed by atoms with E-state index in [9.17, 15) is 9.59 Å². The molecule has 0 aliphatic heterocycles. The first-order valence-corrected chi connectivity index (χ1v) is 7.48. The van der Waals surface area contributed by atoms with Crippen LogP contribution in [0.4, 0.5) is 4.79 Å². The maximum Gasteiger partial charge on any atom is 0.426 e. The van der Waals surface area contributed by atoms with Crippen molar-refractivity contribution in [2.75, 3.05) is 6.61 Å². The lowest BCUT2D eigenvalue weighted by Crippen LogP contribution is -2.45. The number of ether oxygens (including phenoxy) is 2. The van der Waals surface area contributed by atoms with E-state index in [1.54, 1.807) is 20.8 Å². The van der Waals surface area contributed by atoms with Crippen molar-refractivity contribution in [1.82, 2.24) is 10.9 Å².